The molecule has 0 amide bonds. The van der Waals surface area contributed by atoms with Crippen LogP contribution >= 0.6 is 0 Å². The van der Waals surface area contributed by atoms with Crippen molar-refractivity contribution in [2.24, 2.45) is 0 Å². The van der Waals surface area contributed by atoms with Crippen LogP contribution < -0.4 is 10.5 Å². The number of ether oxygens (including phenoxy) is 1. The smallest absolute Gasteiger partial charge is 0.123 e. The lowest BCUT2D eigenvalue weighted by atomic mass is 10.1. The summed E-state index contributed by atoms with van der Waals surface area (Å²) in [6.07, 6.45) is 0.926. The van der Waals surface area contributed by atoms with Gasteiger partial charge in [0.25, 0.3) is 0 Å². The predicted molar refractivity (Wildman–Crippen MR) is 71.0 cm³/mol. The Balaban J connectivity index is 2.09. The van der Waals surface area contributed by atoms with Gasteiger partial charge in [-0.25, -0.2) is 0 Å². The summed E-state index contributed by atoms with van der Waals surface area (Å²) in [4.78, 5) is 0. The number of nitrogen functional groups attached to an aromatic ring is 1. The highest BCUT2D eigenvalue weighted by Crippen LogP contribution is 2.22. The molecule has 0 aromatic heterocycles. The van der Waals surface area contributed by atoms with Crippen molar-refractivity contribution < 1.29 is 4.74 Å². The normalized spacial score (nSPS) is 10.2. The summed E-state index contributed by atoms with van der Waals surface area (Å²) in [5.41, 5.74) is 8.87. The van der Waals surface area contributed by atoms with Gasteiger partial charge >= 0.3 is 0 Å². The fourth-order valence-electron chi connectivity index (χ4n) is 1.75. The van der Waals surface area contributed by atoms with E-state index in [1.807, 2.05) is 36.4 Å². The molecule has 88 valence electrons. The molecule has 0 saturated heterocycles. The standard InChI is InChI=1S/C15H17NO/c1-2-13-10-14(16)8-9-15(13)17-11-12-6-4-3-5-7-12/h3-10H,2,11,16H2,1H3. The van der Waals surface area contributed by atoms with E-state index in [0.29, 0.717) is 6.61 Å². The first kappa shape index (κ1) is 11.5. The quantitative estimate of drug-likeness (QED) is 0.812. The Morgan fingerprint density at radius 1 is 1.06 bits per heavy atom. The van der Waals surface area contributed by atoms with Gasteiger partial charge in [0, 0.05) is 5.69 Å². The van der Waals surface area contributed by atoms with Crippen molar-refractivity contribution in [2.75, 3.05) is 5.73 Å². The maximum Gasteiger partial charge on any atom is 0.123 e. The first-order valence-corrected chi connectivity index (χ1v) is 5.84. The first-order chi connectivity index (χ1) is 8.29. The highest BCUT2D eigenvalue weighted by Gasteiger charge is 2.02. The Morgan fingerprint density at radius 3 is 2.53 bits per heavy atom. The third-order valence-electron chi connectivity index (χ3n) is 2.70. The predicted octanol–water partition coefficient (Wildman–Crippen LogP) is 3.41. The van der Waals surface area contributed by atoms with Gasteiger partial charge in [0.2, 0.25) is 0 Å². The molecule has 0 radical (unpaired) electrons. The minimum absolute atomic E-state index is 0.595. The SMILES string of the molecule is CCc1cc(N)ccc1OCc1ccccc1. The van der Waals surface area contributed by atoms with Gasteiger partial charge in [0.05, 0.1) is 0 Å². The second kappa shape index (κ2) is 5.39. The van der Waals surface area contributed by atoms with E-state index in [2.05, 4.69) is 19.1 Å². The van der Waals surface area contributed by atoms with Crippen LogP contribution in [0.3, 0.4) is 0 Å². The molecule has 2 heteroatoms. The van der Waals surface area contributed by atoms with Crippen molar-refractivity contribution in [3.8, 4) is 5.75 Å². The molecule has 0 fully saturated rings. The van der Waals surface area contributed by atoms with Gasteiger partial charge in [-0.3, -0.25) is 0 Å². The average Bonchev–Trinajstić information content (AvgIpc) is 2.38. The van der Waals surface area contributed by atoms with Gasteiger partial charge in [-0.15, -0.1) is 0 Å². The molecule has 2 aromatic rings. The van der Waals surface area contributed by atoms with E-state index >= 15 is 0 Å². The molecular weight excluding hydrogens is 210 g/mol. The van der Waals surface area contributed by atoms with Gasteiger partial charge in [0.15, 0.2) is 0 Å². The topological polar surface area (TPSA) is 35.2 Å². The average molecular weight is 227 g/mol. The minimum Gasteiger partial charge on any atom is -0.489 e. The van der Waals surface area contributed by atoms with Crippen LogP contribution in [0.25, 0.3) is 0 Å². The number of aryl methyl sites for hydroxylation is 1. The number of benzene rings is 2. The third-order valence-corrected chi connectivity index (χ3v) is 2.70. The van der Waals surface area contributed by atoms with E-state index in [9.17, 15) is 0 Å². The van der Waals surface area contributed by atoms with Gasteiger partial charge in [-0.05, 0) is 35.7 Å². The molecule has 0 bridgehead atoms. The molecular formula is C15H17NO. The van der Waals surface area contributed by atoms with Crippen LogP contribution in [-0.2, 0) is 13.0 Å². The Kier molecular flexibility index (Phi) is 3.66. The lowest BCUT2D eigenvalue weighted by molar-refractivity contribution is 0.303. The molecule has 0 aliphatic heterocycles. The number of nitrogens with two attached hydrogens (primary N) is 1. The molecule has 0 unspecified atom stereocenters. The minimum atomic E-state index is 0.595. The molecule has 2 rings (SSSR count). The summed E-state index contributed by atoms with van der Waals surface area (Å²) < 4.78 is 5.81. The van der Waals surface area contributed by atoms with Crippen molar-refractivity contribution >= 4 is 5.69 Å². The molecule has 0 aliphatic rings. The number of hydrogen-bond acceptors (Lipinski definition) is 2. The molecule has 17 heavy (non-hydrogen) atoms. The molecule has 0 heterocycles. The van der Waals surface area contributed by atoms with Crippen molar-refractivity contribution in [3.05, 3.63) is 59.7 Å². The van der Waals surface area contributed by atoms with E-state index in [0.717, 1.165) is 23.4 Å². The van der Waals surface area contributed by atoms with E-state index in [1.54, 1.807) is 0 Å². The first-order valence-electron chi connectivity index (χ1n) is 5.84. The highest BCUT2D eigenvalue weighted by molar-refractivity contribution is 5.47. The Hall–Kier alpha value is -1.96. The van der Waals surface area contributed by atoms with E-state index in [-0.39, 0.29) is 0 Å². The van der Waals surface area contributed by atoms with Crippen LogP contribution in [0.4, 0.5) is 5.69 Å². The van der Waals surface area contributed by atoms with E-state index in [1.165, 1.54) is 5.56 Å². The molecule has 2 nitrogen and oxygen atoms in total. The summed E-state index contributed by atoms with van der Waals surface area (Å²) in [5.74, 6) is 0.922. The Morgan fingerprint density at radius 2 is 1.82 bits per heavy atom. The van der Waals surface area contributed by atoms with Crippen LogP contribution in [0.1, 0.15) is 18.1 Å². The summed E-state index contributed by atoms with van der Waals surface area (Å²) in [5, 5.41) is 0. The lowest BCUT2D eigenvalue weighted by Crippen LogP contribution is -1.99. The number of anilines is 1. The van der Waals surface area contributed by atoms with Gasteiger partial charge in [0.1, 0.15) is 12.4 Å². The zero-order chi connectivity index (χ0) is 12.1. The third kappa shape index (κ3) is 3.00. The summed E-state index contributed by atoms with van der Waals surface area (Å²) in [7, 11) is 0. The van der Waals surface area contributed by atoms with Crippen molar-refractivity contribution in [1.29, 1.82) is 0 Å². The van der Waals surface area contributed by atoms with E-state index in [4.69, 9.17) is 10.5 Å². The highest BCUT2D eigenvalue weighted by atomic mass is 16.5. The fraction of sp³-hybridized carbons (Fsp3) is 0.200. The second-order valence-corrected chi connectivity index (χ2v) is 3.99. The zero-order valence-corrected chi connectivity index (χ0v) is 10.0. The van der Waals surface area contributed by atoms with Crippen LogP contribution in [0.2, 0.25) is 0 Å². The largest absolute Gasteiger partial charge is 0.489 e. The van der Waals surface area contributed by atoms with Crippen LogP contribution in [0, 0.1) is 0 Å². The number of hydrogen-bond donors (Lipinski definition) is 1. The van der Waals surface area contributed by atoms with Crippen LogP contribution in [0.5, 0.6) is 5.75 Å². The summed E-state index contributed by atoms with van der Waals surface area (Å²) in [6, 6.07) is 15.9. The van der Waals surface area contributed by atoms with Gasteiger partial charge < -0.3 is 10.5 Å². The van der Waals surface area contributed by atoms with Gasteiger partial charge in [-0.2, -0.15) is 0 Å². The Bertz CT molecular complexity index is 480. The lowest BCUT2D eigenvalue weighted by Gasteiger charge is -2.11. The second-order valence-electron chi connectivity index (χ2n) is 3.99. The number of rotatable bonds is 4. The molecule has 2 aromatic carbocycles. The van der Waals surface area contributed by atoms with E-state index < -0.39 is 0 Å². The van der Waals surface area contributed by atoms with Crippen LogP contribution in [-0.4, -0.2) is 0 Å². The maximum atomic E-state index is 5.81. The fourth-order valence-corrected chi connectivity index (χ4v) is 1.75. The van der Waals surface area contributed by atoms with Crippen LogP contribution in [0.15, 0.2) is 48.5 Å². The van der Waals surface area contributed by atoms with Crippen molar-refractivity contribution in [1.82, 2.24) is 0 Å². The summed E-state index contributed by atoms with van der Waals surface area (Å²) >= 11 is 0. The van der Waals surface area contributed by atoms with Gasteiger partial charge in [-0.1, -0.05) is 37.3 Å². The van der Waals surface area contributed by atoms with Crippen molar-refractivity contribution in [3.63, 3.8) is 0 Å². The zero-order valence-electron chi connectivity index (χ0n) is 10.0. The Labute approximate surface area is 102 Å². The summed E-state index contributed by atoms with van der Waals surface area (Å²) in [6.45, 7) is 2.70. The molecule has 0 atom stereocenters. The maximum absolute atomic E-state index is 5.81. The molecule has 2 N–H and O–H groups in total. The van der Waals surface area contributed by atoms with Crippen molar-refractivity contribution in [2.45, 2.75) is 20.0 Å². The monoisotopic (exact) mass is 227 g/mol. The molecule has 0 saturated carbocycles. The molecule has 0 aliphatic carbocycles. The molecule has 0 spiro atoms.